The number of hydrogen-bond donors (Lipinski definition) is 1. The van der Waals surface area contributed by atoms with Crippen LogP contribution in [0.1, 0.15) is 0 Å². The number of thiol groups is 1. The summed E-state index contributed by atoms with van der Waals surface area (Å²) in [6, 6.07) is 6.03. The lowest BCUT2D eigenvalue weighted by atomic mass is 10.4. The van der Waals surface area contributed by atoms with E-state index in [4.69, 9.17) is 0 Å². The molecule has 0 heterocycles. The molecule has 0 spiro atoms. The Hall–Kier alpha value is 0.780. The Labute approximate surface area is 81.7 Å². The summed E-state index contributed by atoms with van der Waals surface area (Å²) < 4.78 is 2.26. The van der Waals surface area contributed by atoms with Crippen molar-refractivity contribution in [2.75, 3.05) is 0 Å². The Morgan fingerprint density at radius 2 is 2.11 bits per heavy atom. The second-order valence-corrected chi connectivity index (χ2v) is 4.18. The van der Waals surface area contributed by atoms with E-state index in [1.807, 2.05) is 18.2 Å². The van der Waals surface area contributed by atoms with E-state index in [9.17, 15) is 0 Å². The zero-order valence-electron chi connectivity index (χ0n) is 4.44. The van der Waals surface area contributed by atoms with Gasteiger partial charge in [-0.1, -0.05) is 0 Å². The highest BCUT2D eigenvalue weighted by Crippen LogP contribution is 2.21. The maximum atomic E-state index is 4.22. The van der Waals surface area contributed by atoms with Crippen molar-refractivity contribution in [3.8, 4) is 0 Å². The quantitative estimate of drug-likeness (QED) is 0.551. The minimum Gasteiger partial charge on any atom is -0.142 e. The molecule has 0 nitrogen and oxygen atoms in total. The van der Waals surface area contributed by atoms with E-state index in [0.717, 1.165) is 9.37 Å². The molecular weight excluding hydrogens is 311 g/mol. The Balaban J connectivity index is 3.17. The van der Waals surface area contributed by atoms with Gasteiger partial charge in [0, 0.05) is 12.9 Å². The first kappa shape index (κ1) is 7.88. The molecule has 0 aliphatic rings. The third kappa shape index (κ3) is 2.13. The Kier molecular flexibility index (Phi) is 2.85. The molecule has 0 amide bonds. The molecule has 9 heavy (non-hydrogen) atoms. The monoisotopic (exact) mass is 314 g/mol. The first-order valence-corrected chi connectivity index (χ1v) is 4.66. The largest absolute Gasteiger partial charge is 0.142 e. The number of benzene rings is 1. The summed E-state index contributed by atoms with van der Waals surface area (Å²) in [6.45, 7) is 0. The van der Waals surface area contributed by atoms with Crippen LogP contribution >= 0.6 is 51.1 Å². The van der Waals surface area contributed by atoms with E-state index in [-0.39, 0.29) is 0 Å². The average Bonchev–Trinajstić information content (AvgIpc) is 1.80. The van der Waals surface area contributed by atoms with Gasteiger partial charge in [0.2, 0.25) is 0 Å². The Bertz CT molecular complexity index is 224. The zero-order chi connectivity index (χ0) is 6.85. The molecule has 48 valence electrons. The van der Waals surface area contributed by atoms with Crippen molar-refractivity contribution in [1.29, 1.82) is 0 Å². The van der Waals surface area contributed by atoms with Gasteiger partial charge < -0.3 is 0 Å². The molecule has 0 radical (unpaired) electrons. The lowest BCUT2D eigenvalue weighted by molar-refractivity contribution is 1.39. The SMILES string of the molecule is Sc1cc(I)ccc1Br. The molecule has 0 saturated carbocycles. The van der Waals surface area contributed by atoms with Gasteiger partial charge >= 0.3 is 0 Å². The van der Waals surface area contributed by atoms with Gasteiger partial charge in [-0.15, -0.1) is 12.6 Å². The van der Waals surface area contributed by atoms with Crippen LogP contribution < -0.4 is 0 Å². The van der Waals surface area contributed by atoms with E-state index in [2.05, 4.69) is 51.1 Å². The summed E-state index contributed by atoms with van der Waals surface area (Å²) in [5.41, 5.74) is 0. The molecule has 1 aromatic carbocycles. The fourth-order valence-corrected chi connectivity index (χ4v) is 1.68. The highest BCUT2D eigenvalue weighted by atomic mass is 127. The Morgan fingerprint density at radius 1 is 1.44 bits per heavy atom. The molecular formula is C6H4BrIS. The van der Waals surface area contributed by atoms with Gasteiger partial charge in [-0.3, -0.25) is 0 Å². The number of halogens is 2. The molecule has 0 aromatic heterocycles. The van der Waals surface area contributed by atoms with Crippen LogP contribution in [0, 0.1) is 3.57 Å². The minimum atomic E-state index is 0.988. The third-order valence-corrected chi connectivity index (χ3v) is 2.95. The predicted molar refractivity (Wildman–Crippen MR) is 54.1 cm³/mol. The summed E-state index contributed by atoms with van der Waals surface area (Å²) in [5.74, 6) is 0. The molecule has 0 bridgehead atoms. The highest BCUT2D eigenvalue weighted by molar-refractivity contribution is 14.1. The summed E-state index contributed by atoms with van der Waals surface area (Å²) in [6.07, 6.45) is 0. The van der Waals surface area contributed by atoms with Gasteiger partial charge in [0.25, 0.3) is 0 Å². The van der Waals surface area contributed by atoms with Gasteiger partial charge in [-0.25, -0.2) is 0 Å². The van der Waals surface area contributed by atoms with Crippen LogP contribution in [0.15, 0.2) is 27.6 Å². The van der Waals surface area contributed by atoms with Crippen LogP contribution in [0.3, 0.4) is 0 Å². The van der Waals surface area contributed by atoms with Gasteiger partial charge in [0.15, 0.2) is 0 Å². The molecule has 0 atom stereocenters. The van der Waals surface area contributed by atoms with Crippen LogP contribution in [0.25, 0.3) is 0 Å². The lowest BCUT2D eigenvalue weighted by Gasteiger charge is -1.94. The van der Waals surface area contributed by atoms with Crippen molar-refractivity contribution in [1.82, 2.24) is 0 Å². The standard InChI is InChI=1S/C6H4BrIS/c7-5-2-1-4(8)3-6(5)9/h1-3,9H. The summed E-state index contributed by atoms with van der Waals surface area (Å²) in [5, 5.41) is 0. The van der Waals surface area contributed by atoms with Crippen LogP contribution in [-0.2, 0) is 0 Å². The van der Waals surface area contributed by atoms with Gasteiger partial charge in [-0.2, -0.15) is 0 Å². The van der Waals surface area contributed by atoms with Gasteiger partial charge in [0.05, 0.1) is 0 Å². The minimum absolute atomic E-state index is 0.988. The molecule has 0 aliphatic heterocycles. The fraction of sp³-hybridized carbons (Fsp3) is 0. The molecule has 0 N–H and O–H groups in total. The smallest absolute Gasteiger partial charge is 0.0309 e. The zero-order valence-corrected chi connectivity index (χ0v) is 9.07. The number of hydrogen-bond acceptors (Lipinski definition) is 1. The second-order valence-electron chi connectivity index (χ2n) is 1.60. The van der Waals surface area contributed by atoms with E-state index >= 15 is 0 Å². The first-order valence-electron chi connectivity index (χ1n) is 2.34. The van der Waals surface area contributed by atoms with Gasteiger partial charge in [0.1, 0.15) is 0 Å². The first-order chi connectivity index (χ1) is 4.20. The Morgan fingerprint density at radius 3 is 2.56 bits per heavy atom. The van der Waals surface area contributed by atoms with Crippen LogP contribution in [0.2, 0.25) is 0 Å². The summed E-state index contributed by atoms with van der Waals surface area (Å²) >= 11 is 9.82. The maximum absolute atomic E-state index is 4.22. The molecule has 0 aliphatic carbocycles. The fourth-order valence-electron chi connectivity index (χ4n) is 0.486. The summed E-state index contributed by atoms with van der Waals surface area (Å²) in [7, 11) is 0. The molecule has 0 saturated heterocycles. The molecule has 1 aromatic rings. The van der Waals surface area contributed by atoms with E-state index < -0.39 is 0 Å². The van der Waals surface area contributed by atoms with E-state index in [0.29, 0.717) is 0 Å². The van der Waals surface area contributed by atoms with Crippen molar-refractivity contribution < 1.29 is 0 Å². The van der Waals surface area contributed by atoms with Crippen molar-refractivity contribution in [3.63, 3.8) is 0 Å². The van der Waals surface area contributed by atoms with Crippen LogP contribution in [0.4, 0.5) is 0 Å². The highest BCUT2D eigenvalue weighted by Gasteiger charge is 1.92. The average molecular weight is 315 g/mol. The third-order valence-electron chi connectivity index (χ3n) is 0.908. The van der Waals surface area contributed by atoms with Gasteiger partial charge in [-0.05, 0) is 56.7 Å². The lowest BCUT2D eigenvalue weighted by Crippen LogP contribution is -1.71. The van der Waals surface area contributed by atoms with Crippen molar-refractivity contribution >= 4 is 51.1 Å². The summed E-state index contributed by atoms with van der Waals surface area (Å²) in [4.78, 5) is 0.988. The van der Waals surface area contributed by atoms with Crippen molar-refractivity contribution in [2.24, 2.45) is 0 Å². The van der Waals surface area contributed by atoms with Crippen LogP contribution in [-0.4, -0.2) is 0 Å². The maximum Gasteiger partial charge on any atom is 0.0309 e. The van der Waals surface area contributed by atoms with Crippen LogP contribution in [0.5, 0.6) is 0 Å². The number of rotatable bonds is 0. The normalized spacial score (nSPS) is 9.67. The molecule has 0 fully saturated rings. The predicted octanol–water partition coefficient (Wildman–Crippen LogP) is 3.34. The van der Waals surface area contributed by atoms with Crippen molar-refractivity contribution in [2.45, 2.75) is 4.90 Å². The van der Waals surface area contributed by atoms with Crippen molar-refractivity contribution in [3.05, 3.63) is 26.2 Å². The topological polar surface area (TPSA) is 0 Å². The molecule has 3 heteroatoms. The van der Waals surface area contributed by atoms with E-state index in [1.165, 1.54) is 3.57 Å². The molecule has 0 unspecified atom stereocenters. The second kappa shape index (κ2) is 3.25. The van der Waals surface area contributed by atoms with E-state index in [1.54, 1.807) is 0 Å². The molecule has 1 rings (SSSR count).